The van der Waals surface area contributed by atoms with Gasteiger partial charge in [-0.2, -0.15) is 4.39 Å². The molecule has 18 heavy (non-hydrogen) atoms. The van der Waals surface area contributed by atoms with Gasteiger partial charge in [0.2, 0.25) is 5.95 Å². The second-order valence-electron chi connectivity index (χ2n) is 5.63. The molecule has 0 radical (unpaired) electrons. The van der Waals surface area contributed by atoms with E-state index in [0.29, 0.717) is 5.92 Å². The molecule has 1 nitrogen and oxygen atoms in total. The van der Waals surface area contributed by atoms with Gasteiger partial charge in [0.25, 0.3) is 0 Å². The zero-order valence-electron chi connectivity index (χ0n) is 11.4. The van der Waals surface area contributed by atoms with E-state index in [1.807, 2.05) is 6.07 Å². The highest BCUT2D eigenvalue weighted by atomic mass is 19.1. The van der Waals surface area contributed by atoms with Crippen molar-refractivity contribution < 1.29 is 4.39 Å². The number of unbranched alkanes of at least 4 members (excludes halogenated alkanes) is 2. The Balaban J connectivity index is 1.77. The molecule has 0 saturated heterocycles. The van der Waals surface area contributed by atoms with Crippen LogP contribution in [0.4, 0.5) is 4.39 Å². The summed E-state index contributed by atoms with van der Waals surface area (Å²) < 4.78 is 12.8. The lowest BCUT2D eigenvalue weighted by Gasteiger charge is -2.28. The molecule has 1 aliphatic carbocycles. The van der Waals surface area contributed by atoms with Gasteiger partial charge < -0.3 is 0 Å². The van der Waals surface area contributed by atoms with Crippen molar-refractivity contribution in [1.29, 1.82) is 0 Å². The van der Waals surface area contributed by atoms with E-state index in [4.69, 9.17) is 0 Å². The second kappa shape index (κ2) is 6.86. The molecular weight excluding hydrogens is 225 g/mol. The molecule has 0 bridgehead atoms. The number of hydrogen-bond donors (Lipinski definition) is 0. The summed E-state index contributed by atoms with van der Waals surface area (Å²) in [6, 6.07) is 3.40. The lowest BCUT2D eigenvalue weighted by molar-refractivity contribution is 0.302. The van der Waals surface area contributed by atoms with Crippen LogP contribution in [0.2, 0.25) is 0 Å². The van der Waals surface area contributed by atoms with Crippen LogP contribution >= 0.6 is 0 Å². The Morgan fingerprint density at radius 1 is 1.17 bits per heavy atom. The number of hydrogen-bond acceptors (Lipinski definition) is 1. The molecule has 1 fully saturated rings. The summed E-state index contributed by atoms with van der Waals surface area (Å²) in [5.74, 6) is 1.17. The molecule has 0 amide bonds. The molecule has 1 aromatic heterocycles. The molecule has 2 rings (SSSR count). The van der Waals surface area contributed by atoms with Crippen molar-refractivity contribution in [2.45, 2.75) is 64.2 Å². The number of rotatable bonds is 5. The third kappa shape index (κ3) is 3.79. The monoisotopic (exact) mass is 249 g/mol. The largest absolute Gasteiger partial charge is 0.228 e. The molecule has 1 saturated carbocycles. The van der Waals surface area contributed by atoms with Crippen molar-refractivity contribution in [3.8, 4) is 0 Å². The maximum atomic E-state index is 12.8. The molecule has 100 valence electrons. The van der Waals surface area contributed by atoms with Gasteiger partial charge in [-0.15, -0.1) is 0 Å². The molecule has 0 aliphatic heterocycles. The Kier molecular flexibility index (Phi) is 5.15. The Bertz CT molecular complexity index is 339. The molecule has 0 aromatic carbocycles. The van der Waals surface area contributed by atoms with E-state index in [-0.39, 0.29) is 5.95 Å². The van der Waals surface area contributed by atoms with Crippen molar-refractivity contribution in [3.63, 3.8) is 0 Å². The van der Waals surface area contributed by atoms with Gasteiger partial charge in [0, 0.05) is 6.20 Å². The fraction of sp³-hybridized carbons (Fsp3) is 0.688. The number of aromatic nitrogens is 1. The van der Waals surface area contributed by atoms with E-state index in [1.54, 1.807) is 6.20 Å². The van der Waals surface area contributed by atoms with Crippen LogP contribution in [0.25, 0.3) is 0 Å². The summed E-state index contributed by atoms with van der Waals surface area (Å²) in [4.78, 5) is 3.77. The first-order valence-electron chi connectivity index (χ1n) is 7.41. The molecule has 1 aliphatic rings. The maximum absolute atomic E-state index is 12.8. The van der Waals surface area contributed by atoms with Crippen LogP contribution in [0.1, 0.15) is 69.8 Å². The van der Waals surface area contributed by atoms with Gasteiger partial charge in [-0.3, -0.25) is 0 Å². The van der Waals surface area contributed by atoms with Gasteiger partial charge in [0.1, 0.15) is 0 Å². The van der Waals surface area contributed by atoms with E-state index >= 15 is 0 Å². The van der Waals surface area contributed by atoms with Crippen molar-refractivity contribution >= 4 is 0 Å². The van der Waals surface area contributed by atoms with Crippen molar-refractivity contribution in [2.24, 2.45) is 5.92 Å². The van der Waals surface area contributed by atoms with Crippen LogP contribution in [0, 0.1) is 11.9 Å². The number of nitrogens with zero attached hydrogens (tertiary/aromatic N) is 1. The molecule has 0 spiro atoms. The summed E-state index contributed by atoms with van der Waals surface area (Å²) in [6.45, 7) is 2.26. The topological polar surface area (TPSA) is 12.9 Å². The SMILES string of the molecule is CCCCC[C@H]1CC[C@H](c2ccc(F)nc2)CC1. The zero-order chi connectivity index (χ0) is 12.8. The summed E-state index contributed by atoms with van der Waals surface area (Å²) in [7, 11) is 0. The van der Waals surface area contributed by atoms with Gasteiger partial charge in [-0.05, 0) is 49.1 Å². The Hall–Kier alpha value is -0.920. The predicted octanol–water partition coefficient (Wildman–Crippen LogP) is 5.07. The summed E-state index contributed by atoms with van der Waals surface area (Å²) in [6.07, 6.45) is 12.4. The van der Waals surface area contributed by atoms with Crippen LogP contribution in [-0.4, -0.2) is 4.98 Å². The van der Waals surface area contributed by atoms with E-state index < -0.39 is 0 Å². The quantitative estimate of drug-likeness (QED) is 0.524. The van der Waals surface area contributed by atoms with Crippen LogP contribution in [0.3, 0.4) is 0 Å². The van der Waals surface area contributed by atoms with Crippen LogP contribution in [-0.2, 0) is 0 Å². The molecule has 1 aromatic rings. The first kappa shape index (κ1) is 13.5. The highest BCUT2D eigenvalue weighted by Crippen LogP contribution is 2.37. The average molecular weight is 249 g/mol. The van der Waals surface area contributed by atoms with Crippen LogP contribution in [0.15, 0.2) is 18.3 Å². The average Bonchev–Trinajstić information content (AvgIpc) is 2.41. The van der Waals surface area contributed by atoms with Crippen LogP contribution < -0.4 is 0 Å². The van der Waals surface area contributed by atoms with Gasteiger partial charge in [-0.1, -0.05) is 38.7 Å². The molecule has 2 heteroatoms. The normalized spacial score (nSPS) is 24.1. The lowest BCUT2D eigenvalue weighted by atomic mass is 9.77. The van der Waals surface area contributed by atoms with E-state index in [2.05, 4.69) is 11.9 Å². The predicted molar refractivity (Wildman–Crippen MR) is 73.0 cm³/mol. The minimum absolute atomic E-state index is 0.369. The molecular formula is C16H24FN. The van der Waals surface area contributed by atoms with Crippen LogP contribution in [0.5, 0.6) is 0 Å². The Morgan fingerprint density at radius 2 is 1.94 bits per heavy atom. The zero-order valence-corrected chi connectivity index (χ0v) is 11.4. The third-order valence-electron chi connectivity index (χ3n) is 4.28. The number of pyridine rings is 1. The second-order valence-corrected chi connectivity index (χ2v) is 5.63. The van der Waals surface area contributed by atoms with Gasteiger partial charge in [0.15, 0.2) is 0 Å². The highest BCUT2D eigenvalue weighted by Gasteiger charge is 2.22. The summed E-state index contributed by atoms with van der Waals surface area (Å²) >= 11 is 0. The molecule has 0 N–H and O–H groups in total. The smallest absolute Gasteiger partial charge is 0.212 e. The Labute approximate surface area is 110 Å². The standard InChI is InChI=1S/C16H24FN/c1-2-3-4-5-13-6-8-14(9-7-13)15-10-11-16(17)18-12-15/h10-14H,2-9H2,1H3/t13-,14-. The molecule has 0 unspecified atom stereocenters. The maximum Gasteiger partial charge on any atom is 0.212 e. The minimum Gasteiger partial charge on any atom is -0.228 e. The molecule has 1 heterocycles. The van der Waals surface area contributed by atoms with Gasteiger partial charge >= 0.3 is 0 Å². The third-order valence-corrected chi connectivity index (χ3v) is 4.28. The van der Waals surface area contributed by atoms with Gasteiger partial charge in [-0.25, -0.2) is 4.98 Å². The number of halogens is 1. The summed E-state index contributed by atoms with van der Waals surface area (Å²) in [5, 5.41) is 0. The first-order valence-corrected chi connectivity index (χ1v) is 7.41. The van der Waals surface area contributed by atoms with Crippen molar-refractivity contribution in [1.82, 2.24) is 4.98 Å². The Morgan fingerprint density at radius 3 is 2.56 bits per heavy atom. The van der Waals surface area contributed by atoms with E-state index in [0.717, 1.165) is 5.92 Å². The fourth-order valence-corrected chi connectivity index (χ4v) is 3.10. The van der Waals surface area contributed by atoms with Crippen molar-refractivity contribution in [3.05, 3.63) is 29.8 Å². The van der Waals surface area contributed by atoms with Crippen molar-refractivity contribution in [2.75, 3.05) is 0 Å². The minimum atomic E-state index is -0.369. The highest BCUT2D eigenvalue weighted by molar-refractivity contribution is 5.15. The van der Waals surface area contributed by atoms with E-state index in [9.17, 15) is 4.39 Å². The van der Waals surface area contributed by atoms with E-state index in [1.165, 1.54) is 63.0 Å². The fourth-order valence-electron chi connectivity index (χ4n) is 3.10. The molecule has 0 atom stereocenters. The first-order chi connectivity index (χ1) is 8.79. The summed E-state index contributed by atoms with van der Waals surface area (Å²) in [5.41, 5.74) is 1.23. The van der Waals surface area contributed by atoms with Gasteiger partial charge in [0.05, 0.1) is 0 Å². The lowest BCUT2D eigenvalue weighted by Crippen LogP contribution is -2.13.